The Kier molecular flexibility index (Phi) is 4.20. The molecule has 1 saturated heterocycles. The smallest absolute Gasteiger partial charge is 0.391 e. The summed E-state index contributed by atoms with van der Waals surface area (Å²) in [5.41, 5.74) is 1.26. The summed E-state index contributed by atoms with van der Waals surface area (Å²) < 4.78 is 42.3. The minimum atomic E-state index is -4.10. The van der Waals surface area contributed by atoms with Crippen molar-refractivity contribution in [3.05, 3.63) is 29.8 Å². The standard InChI is InChI=1S/C14H16F3NO2/c1-20-13(19)10-2-4-12(5-3-10)18-8-6-11(7-9-18)14(15,16)17/h2-5,11H,6-9H2,1H3. The molecule has 6 heteroatoms. The van der Waals surface area contributed by atoms with Crippen molar-refractivity contribution in [2.45, 2.75) is 19.0 Å². The molecule has 1 heterocycles. The monoisotopic (exact) mass is 287 g/mol. The van der Waals surface area contributed by atoms with Gasteiger partial charge in [0.25, 0.3) is 0 Å². The van der Waals surface area contributed by atoms with Crippen LogP contribution in [0.25, 0.3) is 0 Å². The molecule has 0 amide bonds. The van der Waals surface area contributed by atoms with Crippen LogP contribution in [0, 0.1) is 5.92 Å². The average molecular weight is 287 g/mol. The lowest BCUT2D eigenvalue weighted by molar-refractivity contribution is -0.179. The highest BCUT2D eigenvalue weighted by molar-refractivity contribution is 5.89. The molecule has 0 spiro atoms. The molecule has 0 saturated carbocycles. The third-order valence-electron chi connectivity index (χ3n) is 3.61. The maximum absolute atomic E-state index is 12.6. The van der Waals surface area contributed by atoms with E-state index in [1.165, 1.54) is 7.11 Å². The second-order valence-corrected chi connectivity index (χ2v) is 4.84. The number of benzene rings is 1. The van der Waals surface area contributed by atoms with Crippen LogP contribution < -0.4 is 4.90 Å². The molecule has 1 aromatic rings. The fraction of sp³-hybridized carbons (Fsp3) is 0.500. The molecule has 0 radical (unpaired) electrons. The van der Waals surface area contributed by atoms with Crippen molar-refractivity contribution in [1.82, 2.24) is 0 Å². The van der Waals surface area contributed by atoms with E-state index in [9.17, 15) is 18.0 Å². The summed E-state index contributed by atoms with van der Waals surface area (Å²) in [5.74, 6) is -1.62. The number of anilines is 1. The highest BCUT2D eigenvalue weighted by atomic mass is 19.4. The molecule has 0 aromatic heterocycles. The number of hydrogen-bond acceptors (Lipinski definition) is 3. The average Bonchev–Trinajstić information content (AvgIpc) is 2.46. The van der Waals surface area contributed by atoms with Crippen molar-refractivity contribution in [3.8, 4) is 0 Å². The van der Waals surface area contributed by atoms with Gasteiger partial charge in [-0.3, -0.25) is 0 Å². The zero-order valence-corrected chi connectivity index (χ0v) is 11.1. The Morgan fingerprint density at radius 3 is 2.20 bits per heavy atom. The fourth-order valence-electron chi connectivity index (χ4n) is 2.39. The number of halogens is 3. The van der Waals surface area contributed by atoms with Crippen LogP contribution in [0.4, 0.5) is 18.9 Å². The summed E-state index contributed by atoms with van der Waals surface area (Å²) >= 11 is 0. The molecule has 1 aliphatic rings. The van der Waals surface area contributed by atoms with Gasteiger partial charge in [-0.1, -0.05) is 0 Å². The predicted molar refractivity (Wildman–Crippen MR) is 68.8 cm³/mol. The molecule has 0 unspecified atom stereocenters. The van der Waals surface area contributed by atoms with Crippen LogP contribution >= 0.6 is 0 Å². The number of carbonyl (C=O) groups excluding carboxylic acids is 1. The van der Waals surface area contributed by atoms with Crippen molar-refractivity contribution in [3.63, 3.8) is 0 Å². The van der Waals surface area contributed by atoms with Crippen molar-refractivity contribution in [1.29, 1.82) is 0 Å². The molecule has 0 N–H and O–H groups in total. The summed E-state index contributed by atoms with van der Waals surface area (Å²) in [6.45, 7) is 0.753. The summed E-state index contributed by atoms with van der Waals surface area (Å²) in [4.78, 5) is 13.2. The molecule has 0 atom stereocenters. The SMILES string of the molecule is COC(=O)c1ccc(N2CCC(C(F)(F)F)CC2)cc1. The van der Waals surface area contributed by atoms with Crippen LogP contribution in [0.15, 0.2) is 24.3 Å². The predicted octanol–water partition coefficient (Wildman–Crippen LogP) is 3.25. The third kappa shape index (κ3) is 3.23. The first-order valence-electron chi connectivity index (χ1n) is 6.42. The normalized spacial score (nSPS) is 17.1. The lowest BCUT2D eigenvalue weighted by Gasteiger charge is -2.34. The van der Waals surface area contributed by atoms with Gasteiger partial charge in [0.1, 0.15) is 0 Å². The van der Waals surface area contributed by atoms with E-state index < -0.39 is 18.1 Å². The van der Waals surface area contributed by atoms with Gasteiger partial charge in [0.05, 0.1) is 18.6 Å². The first kappa shape index (κ1) is 14.7. The second-order valence-electron chi connectivity index (χ2n) is 4.84. The Hall–Kier alpha value is -1.72. The van der Waals surface area contributed by atoms with Gasteiger partial charge in [-0.2, -0.15) is 13.2 Å². The largest absolute Gasteiger partial charge is 0.465 e. The third-order valence-corrected chi connectivity index (χ3v) is 3.61. The van der Waals surface area contributed by atoms with E-state index in [-0.39, 0.29) is 12.8 Å². The van der Waals surface area contributed by atoms with Crippen LogP contribution in [0.2, 0.25) is 0 Å². The Bertz CT molecular complexity index is 462. The van der Waals surface area contributed by atoms with Gasteiger partial charge in [0.2, 0.25) is 0 Å². The van der Waals surface area contributed by atoms with Gasteiger partial charge < -0.3 is 9.64 Å². The number of nitrogens with zero attached hydrogens (tertiary/aromatic N) is 1. The number of esters is 1. The van der Waals surface area contributed by atoms with E-state index in [4.69, 9.17) is 0 Å². The van der Waals surface area contributed by atoms with Gasteiger partial charge in [-0.15, -0.1) is 0 Å². The maximum atomic E-state index is 12.6. The van der Waals surface area contributed by atoms with E-state index in [0.29, 0.717) is 18.7 Å². The number of piperidine rings is 1. The van der Waals surface area contributed by atoms with Crippen LogP contribution in [-0.2, 0) is 4.74 Å². The number of rotatable bonds is 2. The first-order chi connectivity index (χ1) is 9.41. The highest BCUT2D eigenvalue weighted by Crippen LogP contribution is 2.35. The molecule has 1 aliphatic heterocycles. The molecule has 2 rings (SSSR count). The maximum Gasteiger partial charge on any atom is 0.391 e. The summed E-state index contributed by atoms with van der Waals surface area (Å²) in [5, 5.41) is 0. The second kappa shape index (κ2) is 5.73. The lowest BCUT2D eigenvalue weighted by atomic mass is 9.96. The molecule has 0 aliphatic carbocycles. The Morgan fingerprint density at radius 2 is 1.75 bits per heavy atom. The van der Waals surface area contributed by atoms with E-state index >= 15 is 0 Å². The highest BCUT2D eigenvalue weighted by Gasteiger charge is 2.41. The van der Waals surface area contributed by atoms with Crippen LogP contribution in [-0.4, -0.2) is 32.3 Å². The molecule has 0 bridgehead atoms. The molecule has 1 fully saturated rings. The molecular weight excluding hydrogens is 271 g/mol. The number of ether oxygens (including phenoxy) is 1. The number of hydrogen-bond donors (Lipinski definition) is 0. The fourth-order valence-corrected chi connectivity index (χ4v) is 2.39. The molecule has 20 heavy (non-hydrogen) atoms. The lowest BCUT2D eigenvalue weighted by Crippen LogP contribution is -2.39. The molecule has 110 valence electrons. The zero-order valence-electron chi connectivity index (χ0n) is 11.1. The van der Waals surface area contributed by atoms with E-state index in [0.717, 1.165) is 5.69 Å². The summed E-state index contributed by atoms with van der Waals surface area (Å²) in [6.07, 6.45) is -3.87. The number of methoxy groups -OCH3 is 1. The zero-order chi connectivity index (χ0) is 14.8. The minimum Gasteiger partial charge on any atom is -0.465 e. The van der Waals surface area contributed by atoms with Gasteiger partial charge >= 0.3 is 12.1 Å². The Labute approximate surface area is 115 Å². The quantitative estimate of drug-likeness (QED) is 0.782. The van der Waals surface area contributed by atoms with Crippen LogP contribution in [0.5, 0.6) is 0 Å². The molecule has 1 aromatic carbocycles. The van der Waals surface area contributed by atoms with Crippen LogP contribution in [0.3, 0.4) is 0 Å². The van der Waals surface area contributed by atoms with Crippen molar-refractivity contribution >= 4 is 11.7 Å². The van der Waals surface area contributed by atoms with E-state index in [2.05, 4.69) is 4.74 Å². The number of carbonyl (C=O) groups is 1. The summed E-state index contributed by atoms with van der Waals surface area (Å²) in [6, 6.07) is 6.72. The van der Waals surface area contributed by atoms with Crippen molar-refractivity contribution < 1.29 is 22.7 Å². The first-order valence-corrected chi connectivity index (χ1v) is 6.42. The Morgan fingerprint density at radius 1 is 1.20 bits per heavy atom. The molecular formula is C14H16F3NO2. The van der Waals surface area contributed by atoms with Crippen molar-refractivity contribution in [2.75, 3.05) is 25.1 Å². The van der Waals surface area contributed by atoms with E-state index in [1.54, 1.807) is 24.3 Å². The van der Waals surface area contributed by atoms with Crippen molar-refractivity contribution in [2.24, 2.45) is 5.92 Å². The Balaban J connectivity index is 1.99. The summed E-state index contributed by atoms with van der Waals surface area (Å²) in [7, 11) is 1.30. The number of alkyl halides is 3. The van der Waals surface area contributed by atoms with Gasteiger partial charge in [-0.25, -0.2) is 4.79 Å². The minimum absolute atomic E-state index is 0.113. The van der Waals surface area contributed by atoms with Gasteiger partial charge in [0, 0.05) is 18.8 Å². The van der Waals surface area contributed by atoms with E-state index in [1.807, 2.05) is 4.90 Å². The molecule has 3 nitrogen and oxygen atoms in total. The topological polar surface area (TPSA) is 29.5 Å². The van der Waals surface area contributed by atoms with Gasteiger partial charge in [-0.05, 0) is 37.1 Å². The van der Waals surface area contributed by atoms with Gasteiger partial charge in [0.15, 0.2) is 0 Å². The van der Waals surface area contributed by atoms with Crippen LogP contribution in [0.1, 0.15) is 23.2 Å².